The summed E-state index contributed by atoms with van der Waals surface area (Å²) in [5, 5.41) is 0. The van der Waals surface area contributed by atoms with Gasteiger partial charge in [0.1, 0.15) is 0 Å². The lowest BCUT2D eigenvalue weighted by molar-refractivity contribution is 0.152. The standard InChI is InChI=1S/C15H20N2/c1-17(15-8-3-9-15)12-14-6-2-5-13(11-14)7-4-10-16/h2,5-6,11,15H,3,8-10,12,16H2,1H3. The fraction of sp³-hybridized carbons (Fsp3) is 0.467. The summed E-state index contributed by atoms with van der Waals surface area (Å²) in [6.45, 7) is 1.44. The van der Waals surface area contributed by atoms with Gasteiger partial charge in [0, 0.05) is 18.2 Å². The first-order chi connectivity index (χ1) is 8.29. The molecule has 2 N–H and O–H groups in total. The lowest BCUT2D eigenvalue weighted by Gasteiger charge is -2.34. The van der Waals surface area contributed by atoms with Crippen LogP contribution in [0.5, 0.6) is 0 Å². The van der Waals surface area contributed by atoms with E-state index in [1.807, 2.05) is 6.07 Å². The summed E-state index contributed by atoms with van der Waals surface area (Å²) in [7, 11) is 2.21. The Hall–Kier alpha value is -1.30. The average molecular weight is 228 g/mol. The minimum Gasteiger partial charge on any atom is -0.320 e. The molecule has 1 aliphatic rings. The van der Waals surface area contributed by atoms with E-state index < -0.39 is 0 Å². The SMILES string of the molecule is CN(Cc1cccc(C#CCN)c1)C1CCC1. The minimum atomic E-state index is 0.423. The van der Waals surface area contributed by atoms with Crippen molar-refractivity contribution in [2.24, 2.45) is 5.73 Å². The van der Waals surface area contributed by atoms with E-state index >= 15 is 0 Å². The predicted molar refractivity (Wildman–Crippen MR) is 71.5 cm³/mol. The van der Waals surface area contributed by atoms with E-state index in [1.54, 1.807) is 0 Å². The van der Waals surface area contributed by atoms with E-state index in [0.717, 1.165) is 18.2 Å². The topological polar surface area (TPSA) is 29.3 Å². The smallest absolute Gasteiger partial charge is 0.0555 e. The van der Waals surface area contributed by atoms with Crippen LogP contribution in [0.4, 0.5) is 0 Å². The molecule has 2 heteroatoms. The third kappa shape index (κ3) is 3.33. The quantitative estimate of drug-likeness (QED) is 0.802. The molecule has 0 aliphatic heterocycles. The first-order valence-corrected chi connectivity index (χ1v) is 6.27. The molecule has 0 heterocycles. The first-order valence-electron chi connectivity index (χ1n) is 6.27. The summed E-state index contributed by atoms with van der Waals surface area (Å²) in [5.41, 5.74) is 7.78. The van der Waals surface area contributed by atoms with Gasteiger partial charge in [-0.1, -0.05) is 30.4 Å². The van der Waals surface area contributed by atoms with Gasteiger partial charge in [0.05, 0.1) is 6.54 Å². The Morgan fingerprint density at radius 2 is 2.24 bits per heavy atom. The Balaban J connectivity index is 2.00. The molecule has 0 saturated heterocycles. The molecule has 0 unspecified atom stereocenters. The molecule has 1 aliphatic carbocycles. The zero-order valence-corrected chi connectivity index (χ0v) is 10.4. The molecule has 90 valence electrons. The molecule has 2 nitrogen and oxygen atoms in total. The van der Waals surface area contributed by atoms with Crippen molar-refractivity contribution >= 4 is 0 Å². The van der Waals surface area contributed by atoms with Crippen LogP contribution >= 0.6 is 0 Å². The summed E-state index contributed by atoms with van der Waals surface area (Å²) in [4.78, 5) is 2.44. The monoisotopic (exact) mass is 228 g/mol. The van der Waals surface area contributed by atoms with Gasteiger partial charge in [-0.15, -0.1) is 0 Å². The number of nitrogens with two attached hydrogens (primary N) is 1. The van der Waals surface area contributed by atoms with Crippen LogP contribution in [0, 0.1) is 11.8 Å². The molecule has 0 amide bonds. The molecule has 0 spiro atoms. The maximum Gasteiger partial charge on any atom is 0.0555 e. The zero-order valence-electron chi connectivity index (χ0n) is 10.4. The maximum atomic E-state index is 5.38. The summed E-state index contributed by atoms with van der Waals surface area (Å²) >= 11 is 0. The number of rotatable bonds is 3. The Morgan fingerprint density at radius 3 is 2.88 bits per heavy atom. The second kappa shape index (κ2) is 5.86. The Kier molecular flexibility index (Phi) is 4.19. The van der Waals surface area contributed by atoms with Gasteiger partial charge in [0.2, 0.25) is 0 Å². The predicted octanol–water partition coefficient (Wildman–Crippen LogP) is 1.98. The minimum absolute atomic E-state index is 0.423. The van der Waals surface area contributed by atoms with Crippen LogP contribution in [0.2, 0.25) is 0 Å². The number of nitrogens with zero attached hydrogens (tertiary/aromatic N) is 1. The van der Waals surface area contributed by atoms with Crippen LogP contribution in [0.25, 0.3) is 0 Å². The van der Waals surface area contributed by atoms with Gasteiger partial charge >= 0.3 is 0 Å². The molecule has 0 aromatic heterocycles. The van der Waals surface area contributed by atoms with E-state index in [9.17, 15) is 0 Å². The zero-order chi connectivity index (χ0) is 12.1. The van der Waals surface area contributed by atoms with Crippen molar-refractivity contribution in [3.8, 4) is 11.8 Å². The van der Waals surface area contributed by atoms with E-state index in [0.29, 0.717) is 6.54 Å². The second-order valence-corrected chi connectivity index (χ2v) is 4.71. The Morgan fingerprint density at radius 1 is 1.41 bits per heavy atom. The lowest BCUT2D eigenvalue weighted by Crippen LogP contribution is -2.36. The van der Waals surface area contributed by atoms with Crippen molar-refractivity contribution in [3.05, 3.63) is 35.4 Å². The highest BCUT2D eigenvalue weighted by Crippen LogP contribution is 2.24. The van der Waals surface area contributed by atoms with Crippen LogP contribution < -0.4 is 5.73 Å². The molecule has 0 bridgehead atoms. The molecular formula is C15H20N2. The van der Waals surface area contributed by atoms with Crippen molar-refractivity contribution < 1.29 is 0 Å². The largest absolute Gasteiger partial charge is 0.320 e. The van der Waals surface area contributed by atoms with Gasteiger partial charge in [-0.3, -0.25) is 4.90 Å². The second-order valence-electron chi connectivity index (χ2n) is 4.71. The third-order valence-electron chi connectivity index (χ3n) is 3.39. The number of hydrogen-bond acceptors (Lipinski definition) is 2. The van der Waals surface area contributed by atoms with E-state index in [2.05, 4.69) is 42.0 Å². The van der Waals surface area contributed by atoms with Crippen LogP contribution in [0.3, 0.4) is 0 Å². The maximum absolute atomic E-state index is 5.38. The van der Waals surface area contributed by atoms with Gasteiger partial charge in [0.15, 0.2) is 0 Å². The number of hydrogen-bond donors (Lipinski definition) is 1. The van der Waals surface area contributed by atoms with Gasteiger partial charge in [0.25, 0.3) is 0 Å². The molecule has 1 fully saturated rings. The van der Waals surface area contributed by atoms with Crippen LogP contribution in [0.1, 0.15) is 30.4 Å². The van der Waals surface area contributed by atoms with Crippen molar-refractivity contribution in [1.29, 1.82) is 0 Å². The fourth-order valence-electron chi connectivity index (χ4n) is 2.15. The average Bonchev–Trinajstić information content (AvgIpc) is 2.24. The Bertz CT molecular complexity index is 424. The summed E-state index contributed by atoms with van der Waals surface area (Å²) < 4.78 is 0. The van der Waals surface area contributed by atoms with Crippen molar-refractivity contribution in [1.82, 2.24) is 4.90 Å². The fourth-order valence-corrected chi connectivity index (χ4v) is 2.15. The van der Waals surface area contributed by atoms with Gasteiger partial charge in [-0.05, 0) is 37.6 Å². The Labute approximate surface area is 104 Å². The number of benzene rings is 1. The highest BCUT2D eigenvalue weighted by Gasteiger charge is 2.21. The molecule has 1 aromatic rings. The molecule has 1 saturated carbocycles. The lowest BCUT2D eigenvalue weighted by atomic mass is 9.91. The van der Waals surface area contributed by atoms with Gasteiger partial charge in [-0.2, -0.15) is 0 Å². The first kappa shape index (κ1) is 12.2. The molecule has 17 heavy (non-hydrogen) atoms. The summed E-state index contributed by atoms with van der Waals surface area (Å²) in [5.74, 6) is 5.98. The highest BCUT2D eigenvalue weighted by molar-refractivity contribution is 5.37. The third-order valence-corrected chi connectivity index (χ3v) is 3.39. The van der Waals surface area contributed by atoms with Crippen molar-refractivity contribution in [2.75, 3.05) is 13.6 Å². The van der Waals surface area contributed by atoms with Gasteiger partial charge in [-0.25, -0.2) is 0 Å². The van der Waals surface area contributed by atoms with E-state index in [4.69, 9.17) is 5.73 Å². The van der Waals surface area contributed by atoms with Crippen molar-refractivity contribution in [2.45, 2.75) is 31.8 Å². The normalized spacial score (nSPS) is 15.2. The van der Waals surface area contributed by atoms with Crippen LogP contribution in [-0.4, -0.2) is 24.5 Å². The summed E-state index contributed by atoms with van der Waals surface area (Å²) in [6, 6.07) is 9.23. The van der Waals surface area contributed by atoms with E-state index in [1.165, 1.54) is 24.8 Å². The van der Waals surface area contributed by atoms with Crippen LogP contribution in [-0.2, 0) is 6.54 Å². The van der Waals surface area contributed by atoms with Crippen LogP contribution in [0.15, 0.2) is 24.3 Å². The van der Waals surface area contributed by atoms with E-state index in [-0.39, 0.29) is 0 Å². The van der Waals surface area contributed by atoms with Gasteiger partial charge < -0.3 is 5.73 Å². The molecule has 2 rings (SSSR count). The molecule has 0 radical (unpaired) electrons. The molecule has 0 atom stereocenters. The molecule has 1 aromatic carbocycles. The summed E-state index contributed by atoms with van der Waals surface area (Å²) in [6.07, 6.45) is 4.09. The van der Waals surface area contributed by atoms with Crippen molar-refractivity contribution in [3.63, 3.8) is 0 Å². The highest BCUT2D eigenvalue weighted by atomic mass is 15.1. The molecular weight excluding hydrogens is 208 g/mol.